The van der Waals surface area contributed by atoms with Gasteiger partial charge in [-0.15, -0.1) is 0 Å². The number of carbonyl (C=O) groups is 1. The van der Waals surface area contributed by atoms with Gasteiger partial charge in [0.2, 0.25) is 5.91 Å². The third-order valence-corrected chi connectivity index (χ3v) is 7.03. The molecule has 5 rings (SSSR count). The summed E-state index contributed by atoms with van der Waals surface area (Å²) >= 11 is 0. The third kappa shape index (κ3) is 4.17. The number of hydrogen-bond acceptors (Lipinski definition) is 3. The monoisotopic (exact) mass is 483 g/mol. The molecule has 0 saturated carbocycles. The average molecular weight is 484 g/mol. The highest BCUT2D eigenvalue weighted by Crippen LogP contribution is 2.40. The topological polar surface area (TPSA) is 66.3 Å². The predicted octanol–water partition coefficient (Wildman–Crippen LogP) is 6.14. The van der Waals surface area contributed by atoms with Crippen LogP contribution in [0.4, 0.5) is 13.2 Å². The molecule has 1 amide bonds. The number of amides is 1. The Bertz CT molecular complexity index is 1390. The molecule has 0 radical (unpaired) electrons. The molecule has 0 spiro atoms. The van der Waals surface area contributed by atoms with Crippen LogP contribution in [-0.2, 0) is 11.0 Å². The Kier molecular flexibility index (Phi) is 5.81. The Labute approximate surface area is 201 Å². The number of aromatic amines is 1. The molecule has 1 aromatic carbocycles. The Morgan fingerprint density at radius 1 is 1.20 bits per heavy atom. The van der Waals surface area contributed by atoms with E-state index in [1.54, 1.807) is 6.20 Å². The minimum atomic E-state index is -4.55. The Balaban J connectivity index is 1.57. The fraction of sp³-hybridized carbons (Fsp3) is 0.423. The first kappa shape index (κ1) is 23.4. The average Bonchev–Trinajstić information content (AvgIpc) is 3.46. The summed E-state index contributed by atoms with van der Waals surface area (Å²) in [7, 11) is 0. The molecule has 9 heteroatoms. The second-order valence-electron chi connectivity index (χ2n) is 9.55. The molecule has 6 nitrogen and oxygen atoms in total. The zero-order valence-electron chi connectivity index (χ0n) is 20.0. The summed E-state index contributed by atoms with van der Waals surface area (Å²) in [6, 6.07) is 7.44. The molecular weight excluding hydrogens is 455 g/mol. The van der Waals surface area contributed by atoms with E-state index in [0.717, 1.165) is 54.8 Å². The summed E-state index contributed by atoms with van der Waals surface area (Å²) < 4.78 is 42.6. The van der Waals surface area contributed by atoms with Crippen molar-refractivity contribution in [3.05, 3.63) is 53.5 Å². The van der Waals surface area contributed by atoms with Gasteiger partial charge in [0.1, 0.15) is 11.9 Å². The molecule has 4 heterocycles. The predicted molar refractivity (Wildman–Crippen MR) is 128 cm³/mol. The van der Waals surface area contributed by atoms with Gasteiger partial charge in [-0.3, -0.25) is 4.79 Å². The standard InChI is InChI=1S/C26H28F3N5O/c1-4-22(35)33-9-7-16(8-10-33)17-5-6-21-19(11-17)23(15(2)3)24(32-21)18-12-20(26(27,28)29)25-30-14-31-34(25)13-18/h5-6,11-16,32H,4,7-10H2,1-3H3. The van der Waals surface area contributed by atoms with Gasteiger partial charge in [0.25, 0.3) is 0 Å². The third-order valence-electron chi connectivity index (χ3n) is 7.03. The number of carbonyl (C=O) groups excluding carboxylic acids is 1. The van der Waals surface area contributed by atoms with Gasteiger partial charge in [-0.25, -0.2) is 9.50 Å². The summed E-state index contributed by atoms with van der Waals surface area (Å²) in [6.45, 7) is 7.49. The van der Waals surface area contributed by atoms with Crippen molar-refractivity contribution in [2.75, 3.05) is 13.1 Å². The van der Waals surface area contributed by atoms with Crippen LogP contribution >= 0.6 is 0 Å². The number of hydrogen-bond donors (Lipinski definition) is 1. The van der Waals surface area contributed by atoms with E-state index in [1.165, 1.54) is 10.1 Å². The molecule has 0 unspecified atom stereocenters. The number of pyridine rings is 1. The van der Waals surface area contributed by atoms with Crippen molar-refractivity contribution in [2.45, 2.75) is 58.0 Å². The number of nitrogens with one attached hydrogen (secondary N) is 1. The fourth-order valence-electron chi connectivity index (χ4n) is 5.27. The maximum Gasteiger partial charge on any atom is 0.420 e. The minimum Gasteiger partial charge on any atom is -0.354 e. The van der Waals surface area contributed by atoms with Crippen molar-refractivity contribution in [1.82, 2.24) is 24.5 Å². The van der Waals surface area contributed by atoms with E-state index in [1.807, 2.05) is 31.7 Å². The number of halogens is 3. The quantitative estimate of drug-likeness (QED) is 0.379. The van der Waals surface area contributed by atoms with E-state index in [0.29, 0.717) is 23.6 Å². The van der Waals surface area contributed by atoms with E-state index in [2.05, 4.69) is 27.2 Å². The summed E-state index contributed by atoms with van der Waals surface area (Å²) in [6.07, 6.45) is 0.517. The van der Waals surface area contributed by atoms with Crippen molar-refractivity contribution in [3.8, 4) is 11.3 Å². The number of H-pyrrole nitrogens is 1. The molecule has 0 atom stereocenters. The number of piperidine rings is 1. The van der Waals surface area contributed by atoms with E-state index >= 15 is 0 Å². The van der Waals surface area contributed by atoms with E-state index in [9.17, 15) is 18.0 Å². The number of benzene rings is 1. The number of aromatic nitrogens is 4. The van der Waals surface area contributed by atoms with Crippen LogP contribution in [0.3, 0.4) is 0 Å². The largest absolute Gasteiger partial charge is 0.420 e. The number of likely N-dealkylation sites (tertiary alicyclic amines) is 1. The molecule has 3 aromatic heterocycles. The van der Waals surface area contributed by atoms with E-state index < -0.39 is 11.7 Å². The smallest absolute Gasteiger partial charge is 0.354 e. The molecule has 1 fully saturated rings. The molecule has 1 N–H and O–H groups in total. The summed E-state index contributed by atoms with van der Waals surface area (Å²) in [5, 5.41) is 4.99. The van der Waals surface area contributed by atoms with Crippen LogP contribution in [0.1, 0.15) is 68.6 Å². The van der Waals surface area contributed by atoms with Gasteiger partial charge in [0.15, 0.2) is 5.65 Å². The van der Waals surface area contributed by atoms with Gasteiger partial charge in [0, 0.05) is 42.2 Å². The van der Waals surface area contributed by atoms with Crippen LogP contribution < -0.4 is 0 Å². The number of alkyl halides is 3. The van der Waals surface area contributed by atoms with Crippen LogP contribution in [0.25, 0.3) is 27.8 Å². The molecular formula is C26H28F3N5O. The zero-order valence-corrected chi connectivity index (χ0v) is 20.0. The van der Waals surface area contributed by atoms with Crippen molar-refractivity contribution < 1.29 is 18.0 Å². The summed E-state index contributed by atoms with van der Waals surface area (Å²) in [5.41, 5.74) is 3.14. The first-order valence-electron chi connectivity index (χ1n) is 12.0. The minimum absolute atomic E-state index is 0.0822. The number of nitrogens with zero attached hydrogens (tertiary/aromatic N) is 4. The van der Waals surface area contributed by atoms with Gasteiger partial charge in [-0.2, -0.15) is 18.3 Å². The second-order valence-corrected chi connectivity index (χ2v) is 9.55. The summed E-state index contributed by atoms with van der Waals surface area (Å²) in [4.78, 5) is 21.1. The number of rotatable bonds is 4. The lowest BCUT2D eigenvalue weighted by molar-refractivity contribution is -0.136. The second kappa shape index (κ2) is 8.70. The molecule has 1 aliphatic rings. The van der Waals surface area contributed by atoms with Gasteiger partial charge in [-0.1, -0.05) is 26.8 Å². The molecule has 4 aromatic rings. The highest BCUT2D eigenvalue weighted by atomic mass is 19.4. The highest BCUT2D eigenvalue weighted by Gasteiger charge is 2.35. The van der Waals surface area contributed by atoms with Crippen LogP contribution in [0, 0.1) is 0 Å². The SMILES string of the molecule is CCC(=O)N1CCC(c2ccc3[nH]c(-c4cc(C(F)(F)F)c5ncnn5c4)c(C(C)C)c3c2)CC1. The maximum absolute atomic E-state index is 13.8. The molecule has 1 saturated heterocycles. The maximum atomic E-state index is 13.8. The van der Waals surface area contributed by atoms with Crippen LogP contribution in [0.15, 0.2) is 36.8 Å². The van der Waals surface area contributed by atoms with Crippen molar-refractivity contribution in [3.63, 3.8) is 0 Å². The van der Waals surface area contributed by atoms with Crippen molar-refractivity contribution >= 4 is 22.5 Å². The highest BCUT2D eigenvalue weighted by molar-refractivity contribution is 5.92. The van der Waals surface area contributed by atoms with Gasteiger partial charge in [-0.05, 0) is 54.0 Å². The molecule has 1 aliphatic heterocycles. The lowest BCUT2D eigenvalue weighted by atomic mass is 9.87. The first-order valence-corrected chi connectivity index (χ1v) is 12.0. The zero-order chi connectivity index (χ0) is 24.9. The summed E-state index contributed by atoms with van der Waals surface area (Å²) in [5.74, 6) is 0.625. The molecule has 184 valence electrons. The van der Waals surface area contributed by atoms with Crippen LogP contribution in [0.5, 0.6) is 0 Å². The van der Waals surface area contributed by atoms with Crippen LogP contribution in [-0.4, -0.2) is 43.5 Å². The Hall–Kier alpha value is -3.36. The first-order chi connectivity index (χ1) is 16.7. The molecule has 35 heavy (non-hydrogen) atoms. The van der Waals surface area contributed by atoms with Gasteiger partial charge < -0.3 is 9.88 Å². The van der Waals surface area contributed by atoms with Gasteiger partial charge in [0.05, 0.1) is 5.69 Å². The van der Waals surface area contributed by atoms with E-state index in [4.69, 9.17) is 0 Å². The lowest BCUT2D eigenvalue weighted by Crippen LogP contribution is -2.37. The molecule has 0 bridgehead atoms. The van der Waals surface area contributed by atoms with E-state index in [-0.39, 0.29) is 17.5 Å². The normalized spacial score (nSPS) is 15.6. The van der Waals surface area contributed by atoms with Gasteiger partial charge >= 0.3 is 6.18 Å². The van der Waals surface area contributed by atoms with Crippen molar-refractivity contribution in [1.29, 1.82) is 0 Å². The fourth-order valence-corrected chi connectivity index (χ4v) is 5.27. The van der Waals surface area contributed by atoms with Crippen molar-refractivity contribution in [2.24, 2.45) is 0 Å². The lowest BCUT2D eigenvalue weighted by Gasteiger charge is -2.32. The Morgan fingerprint density at radius 2 is 1.94 bits per heavy atom. The Morgan fingerprint density at radius 3 is 2.60 bits per heavy atom. The molecule has 0 aliphatic carbocycles. The number of fused-ring (bicyclic) bond motifs is 2. The van der Waals surface area contributed by atoms with Crippen LogP contribution in [0.2, 0.25) is 0 Å².